The first-order valence-corrected chi connectivity index (χ1v) is 4.28. The van der Waals surface area contributed by atoms with E-state index in [9.17, 15) is 0 Å². The first kappa shape index (κ1) is 8.79. The van der Waals surface area contributed by atoms with E-state index in [4.69, 9.17) is 4.74 Å². The van der Waals surface area contributed by atoms with E-state index in [0.717, 1.165) is 19.4 Å². The minimum absolute atomic E-state index is 0.267. The third kappa shape index (κ3) is 2.33. The Bertz CT molecular complexity index is 153. The lowest BCUT2D eigenvalue weighted by molar-refractivity contribution is -0.0313. The van der Waals surface area contributed by atoms with Crippen molar-refractivity contribution in [3.05, 3.63) is 12.2 Å². The van der Waals surface area contributed by atoms with E-state index in [1.54, 1.807) is 0 Å². The highest BCUT2D eigenvalue weighted by Gasteiger charge is 2.28. The molecule has 0 spiro atoms. The zero-order valence-electron chi connectivity index (χ0n) is 7.81. The molecule has 1 rings (SSSR count). The summed E-state index contributed by atoms with van der Waals surface area (Å²) in [5.74, 6) is 0. The zero-order chi connectivity index (χ0) is 8.48. The van der Waals surface area contributed by atoms with Gasteiger partial charge >= 0.3 is 0 Å². The van der Waals surface area contributed by atoms with Crippen molar-refractivity contribution in [1.29, 1.82) is 0 Å². The molecule has 0 aromatic heterocycles. The van der Waals surface area contributed by atoms with Gasteiger partial charge in [-0.05, 0) is 18.3 Å². The van der Waals surface area contributed by atoms with Crippen LogP contribution in [-0.4, -0.2) is 12.7 Å². The SMILES string of the molecule is C=C1CCOC(C(C)(C)C)C1. The van der Waals surface area contributed by atoms with E-state index in [1.165, 1.54) is 5.57 Å². The lowest BCUT2D eigenvalue weighted by Crippen LogP contribution is -2.33. The maximum Gasteiger partial charge on any atom is 0.0660 e. The van der Waals surface area contributed by atoms with Crippen LogP contribution in [0.25, 0.3) is 0 Å². The number of ether oxygens (including phenoxy) is 1. The molecule has 11 heavy (non-hydrogen) atoms. The second-order valence-electron chi connectivity index (χ2n) is 4.43. The molecule has 1 aliphatic heterocycles. The van der Waals surface area contributed by atoms with Crippen LogP contribution in [0.2, 0.25) is 0 Å². The Morgan fingerprint density at radius 2 is 2.09 bits per heavy atom. The van der Waals surface area contributed by atoms with Gasteiger partial charge in [0, 0.05) is 0 Å². The van der Waals surface area contributed by atoms with Crippen molar-refractivity contribution in [3.8, 4) is 0 Å². The monoisotopic (exact) mass is 154 g/mol. The van der Waals surface area contributed by atoms with Crippen LogP contribution in [0, 0.1) is 5.41 Å². The Balaban J connectivity index is 2.53. The lowest BCUT2D eigenvalue weighted by atomic mass is 9.84. The highest BCUT2D eigenvalue weighted by atomic mass is 16.5. The molecule has 0 saturated carbocycles. The molecular formula is C10H18O. The average Bonchev–Trinajstić information content (AvgIpc) is 1.86. The van der Waals surface area contributed by atoms with Crippen LogP contribution in [0.15, 0.2) is 12.2 Å². The molecule has 0 amide bonds. The molecular weight excluding hydrogens is 136 g/mol. The molecule has 1 unspecified atom stereocenters. The topological polar surface area (TPSA) is 9.23 Å². The van der Waals surface area contributed by atoms with Gasteiger partial charge in [-0.3, -0.25) is 0 Å². The van der Waals surface area contributed by atoms with Gasteiger partial charge in [0.1, 0.15) is 0 Å². The van der Waals surface area contributed by atoms with Crippen molar-refractivity contribution in [2.45, 2.75) is 39.7 Å². The first-order chi connectivity index (χ1) is 5.00. The van der Waals surface area contributed by atoms with Gasteiger partial charge in [-0.15, -0.1) is 0 Å². The Hall–Kier alpha value is -0.300. The summed E-state index contributed by atoms with van der Waals surface area (Å²) in [6.07, 6.45) is 2.47. The van der Waals surface area contributed by atoms with Crippen molar-refractivity contribution in [3.63, 3.8) is 0 Å². The summed E-state index contributed by atoms with van der Waals surface area (Å²) in [4.78, 5) is 0. The van der Waals surface area contributed by atoms with Crippen LogP contribution in [0.4, 0.5) is 0 Å². The molecule has 1 aliphatic rings. The van der Waals surface area contributed by atoms with E-state index in [0.29, 0.717) is 6.10 Å². The van der Waals surface area contributed by atoms with E-state index >= 15 is 0 Å². The average molecular weight is 154 g/mol. The third-order valence-corrected chi connectivity index (χ3v) is 2.21. The smallest absolute Gasteiger partial charge is 0.0660 e. The summed E-state index contributed by atoms with van der Waals surface area (Å²) in [7, 11) is 0. The van der Waals surface area contributed by atoms with Crippen molar-refractivity contribution >= 4 is 0 Å². The zero-order valence-corrected chi connectivity index (χ0v) is 7.81. The summed E-state index contributed by atoms with van der Waals surface area (Å²) in [5, 5.41) is 0. The van der Waals surface area contributed by atoms with Gasteiger partial charge in [0.2, 0.25) is 0 Å². The fourth-order valence-corrected chi connectivity index (χ4v) is 1.32. The van der Waals surface area contributed by atoms with Gasteiger partial charge < -0.3 is 4.74 Å². The summed E-state index contributed by atoms with van der Waals surface area (Å²) < 4.78 is 5.65. The van der Waals surface area contributed by atoms with Crippen LogP contribution >= 0.6 is 0 Å². The summed E-state index contributed by atoms with van der Waals surface area (Å²) in [6, 6.07) is 0. The summed E-state index contributed by atoms with van der Waals surface area (Å²) in [6.45, 7) is 11.5. The highest BCUT2D eigenvalue weighted by molar-refractivity contribution is 5.01. The van der Waals surface area contributed by atoms with Gasteiger partial charge in [-0.2, -0.15) is 0 Å². The fraction of sp³-hybridized carbons (Fsp3) is 0.800. The lowest BCUT2D eigenvalue weighted by Gasteiger charge is -2.34. The fourth-order valence-electron chi connectivity index (χ4n) is 1.32. The maximum absolute atomic E-state index is 5.65. The maximum atomic E-state index is 5.65. The van der Waals surface area contributed by atoms with Crippen LogP contribution in [-0.2, 0) is 4.74 Å². The normalized spacial score (nSPS) is 27.2. The standard InChI is InChI=1S/C10H18O/c1-8-5-6-11-9(7-8)10(2,3)4/h9H,1,5-7H2,2-4H3. The van der Waals surface area contributed by atoms with Crippen molar-refractivity contribution in [2.75, 3.05) is 6.61 Å². The highest BCUT2D eigenvalue weighted by Crippen LogP contribution is 2.31. The molecule has 1 nitrogen and oxygen atoms in total. The van der Waals surface area contributed by atoms with Crippen LogP contribution in [0.1, 0.15) is 33.6 Å². The van der Waals surface area contributed by atoms with Gasteiger partial charge in [0.05, 0.1) is 12.7 Å². The van der Waals surface area contributed by atoms with Crippen molar-refractivity contribution in [2.24, 2.45) is 5.41 Å². The second-order valence-corrected chi connectivity index (χ2v) is 4.43. The molecule has 1 atom stereocenters. The predicted molar refractivity (Wildman–Crippen MR) is 47.6 cm³/mol. The quantitative estimate of drug-likeness (QED) is 0.487. The van der Waals surface area contributed by atoms with Crippen LogP contribution < -0.4 is 0 Å². The van der Waals surface area contributed by atoms with E-state index < -0.39 is 0 Å². The molecule has 0 aromatic rings. The molecule has 1 saturated heterocycles. The molecule has 1 fully saturated rings. The molecule has 64 valence electrons. The van der Waals surface area contributed by atoms with Gasteiger partial charge in [-0.25, -0.2) is 0 Å². The van der Waals surface area contributed by atoms with E-state index in [1.807, 2.05) is 0 Å². The number of hydrogen-bond donors (Lipinski definition) is 0. The van der Waals surface area contributed by atoms with Crippen LogP contribution in [0.5, 0.6) is 0 Å². The molecule has 0 N–H and O–H groups in total. The van der Waals surface area contributed by atoms with Gasteiger partial charge in [0.25, 0.3) is 0 Å². The van der Waals surface area contributed by atoms with Crippen LogP contribution in [0.3, 0.4) is 0 Å². The molecule has 1 heteroatoms. The molecule has 0 aliphatic carbocycles. The Morgan fingerprint density at radius 3 is 2.45 bits per heavy atom. The molecule has 0 aromatic carbocycles. The first-order valence-electron chi connectivity index (χ1n) is 4.28. The Morgan fingerprint density at radius 1 is 1.45 bits per heavy atom. The Kier molecular flexibility index (Phi) is 2.38. The largest absolute Gasteiger partial charge is 0.377 e. The molecule has 0 radical (unpaired) electrons. The van der Waals surface area contributed by atoms with Gasteiger partial charge in [-0.1, -0.05) is 32.9 Å². The summed E-state index contributed by atoms with van der Waals surface area (Å²) >= 11 is 0. The minimum Gasteiger partial charge on any atom is -0.377 e. The molecule has 0 bridgehead atoms. The number of hydrogen-bond acceptors (Lipinski definition) is 1. The summed E-state index contributed by atoms with van der Waals surface area (Å²) in [5.41, 5.74) is 1.61. The molecule has 1 heterocycles. The van der Waals surface area contributed by atoms with E-state index in [2.05, 4.69) is 27.4 Å². The Labute approximate surface area is 69.4 Å². The van der Waals surface area contributed by atoms with Crippen molar-refractivity contribution in [1.82, 2.24) is 0 Å². The third-order valence-electron chi connectivity index (χ3n) is 2.21. The predicted octanol–water partition coefficient (Wildman–Crippen LogP) is 2.77. The van der Waals surface area contributed by atoms with Gasteiger partial charge in [0.15, 0.2) is 0 Å². The number of rotatable bonds is 0. The minimum atomic E-state index is 0.267. The van der Waals surface area contributed by atoms with E-state index in [-0.39, 0.29) is 5.41 Å². The second kappa shape index (κ2) is 2.98. The van der Waals surface area contributed by atoms with Crippen molar-refractivity contribution < 1.29 is 4.74 Å².